The SMILES string of the molecule is COC(=O)C1(S(=O)(=O)c2ccc([N+](=O)[O-])cc2)CCOCC1. The minimum Gasteiger partial charge on any atom is -0.468 e. The van der Waals surface area contributed by atoms with Crippen LogP contribution in [-0.4, -0.2) is 44.4 Å². The van der Waals surface area contributed by atoms with Crippen LogP contribution in [0.25, 0.3) is 0 Å². The van der Waals surface area contributed by atoms with E-state index in [1.54, 1.807) is 0 Å². The van der Waals surface area contributed by atoms with Crippen molar-refractivity contribution in [2.45, 2.75) is 22.5 Å². The number of carbonyl (C=O) groups is 1. The molecule has 8 nitrogen and oxygen atoms in total. The summed E-state index contributed by atoms with van der Waals surface area (Å²) in [6.07, 6.45) is -0.0298. The van der Waals surface area contributed by atoms with Crippen molar-refractivity contribution in [3.63, 3.8) is 0 Å². The van der Waals surface area contributed by atoms with Crippen LogP contribution in [0.5, 0.6) is 0 Å². The Balaban J connectivity index is 2.49. The number of hydrogen-bond acceptors (Lipinski definition) is 7. The van der Waals surface area contributed by atoms with Gasteiger partial charge < -0.3 is 9.47 Å². The first-order valence-electron chi connectivity index (χ1n) is 6.50. The number of ether oxygens (including phenoxy) is 2. The van der Waals surface area contributed by atoms with E-state index >= 15 is 0 Å². The van der Waals surface area contributed by atoms with Gasteiger partial charge in [-0.25, -0.2) is 8.42 Å². The van der Waals surface area contributed by atoms with Crippen LogP contribution in [0.4, 0.5) is 5.69 Å². The fourth-order valence-corrected chi connectivity index (χ4v) is 4.39. The number of rotatable bonds is 4. The zero-order valence-corrected chi connectivity index (χ0v) is 12.7. The molecular weight excluding hydrogens is 314 g/mol. The predicted octanol–water partition coefficient (Wildman–Crippen LogP) is 1.09. The highest BCUT2D eigenvalue weighted by Gasteiger charge is 2.53. The average molecular weight is 329 g/mol. The van der Waals surface area contributed by atoms with E-state index in [-0.39, 0.29) is 36.6 Å². The third-order valence-corrected chi connectivity index (χ3v) is 6.23. The monoisotopic (exact) mass is 329 g/mol. The van der Waals surface area contributed by atoms with Gasteiger partial charge in [-0.05, 0) is 12.1 Å². The van der Waals surface area contributed by atoms with E-state index in [2.05, 4.69) is 4.74 Å². The summed E-state index contributed by atoms with van der Waals surface area (Å²) in [5, 5.41) is 10.6. The summed E-state index contributed by atoms with van der Waals surface area (Å²) >= 11 is 0. The number of methoxy groups -OCH3 is 1. The molecule has 0 amide bonds. The molecule has 1 aliphatic heterocycles. The number of nitro benzene ring substituents is 1. The van der Waals surface area contributed by atoms with Crippen LogP contribution in [0.1, 0.15) is 12.8 Å². The molecule has 1 saturated heterocycles. The Labute approximate surface area is 127 Å². The molecule has 120 valence electrons. The van der Waals surface area contributed by atoms with E-state index in [9.17, 15) is 23.3 Å². The van der Waals surface area contributed by atoms with Gasteiger partial charge in [0.05, 0.1) is 16.9 Å². The fraction of sp³-hybridized carbons (Fsp3) is 0.462. The van der Waals surface area contributed by atoms with E-state index in [4.69, 9.17) is 4.74 Å². The van der Waals surface area contributed by atoms with E-state index < -0.39 is 25.5 Å². The van der Waals surface area contributed by atoms with E-state index in [1.807, 2.05) is 0 Å². The summed E-state index contributed by atoms with van der Waals surface area (Å²) in [5.41, 5.74) is -0.224. The Morgan fingerprint density at radius 2 is 1.82 bits per heavy atom. The van der Waals surface area contributed by atoms with E-state index in [1.165, 1.54) is 0 Å². The third-order valence-electron chi connectivity index (χ3n) is 3.73. The van der Waals surface area contributed by atoms with Crippen molar-refractivity contribution in [1.82, 2.24) is 0 Å². The standard InChI is InChI=1S/C13H15NO7S/c1-20-12(15)13(6-8-21-9-7-13)22(18,19)11-4-2-10(3-5-11)14(16)17/h2-5H,6-9H2,1H3. The maximum atomic E-state index is 12.9. The molecular formula is C13H15NO7S. The molecule has 0 radical (unpaired) electrons. The molecule has 9 heteroatoms. The lowest BCUT2D eigenvalue weighted by molar-refractivity contribution is -0.384. The Hall–Kier alpha value is -2.00. The van der Waals surface area contributed by atoms with Crippen molar-refractivity contribution in [3.05, 3.63) is 34.4 Å². The molecule has 1 heterocycles. The molecule has 1 aliphatic rings. The highest BCUT2D eigenvalue weighted by atomic mass is 32.2. The summed E-state index contributed by atoms with van der Waals surface area (Å²) in [7, 11) is -2.92. The molecule has 0 atom stereocenters. The zero-order chi connectivity index (χ0) is 16.4. The molecule has 2 rings (SSSR count). The van der Waals surface area contributed by atoms with Gasteiger partial charge in [0, 0.05) is 38.2 Å². The van der Waals surface area contributed by atoms with Crippen LogP contribution in [0.15, 0.2) is 29.2 Å². The first-order valence-corrected chi connectivity index (χ1v) is 7.99. The Kier molecular flexibility index (Phi) is 4.47. The number of hydrogen-bond donors (Lipinski definition) is 0. The summed E-state index contributed by atoms with van der Waals surface area (Å²) < 4.78 is 33.8. The van der Waals surface area contributed by atoms with E-state index in [0.717, 1.165) is 31.4 Å². The molecule has 0 unspecified atom stereocenters. The van der Waals surface area contributed by atoms with Crippen LogP contribution >= 0.6 is 0 Å². The second-order valence-corrected chi connectivity index (χ2v) is 7.11. The van der Waals surface area contributed by atoms with Gasteiger partial charge in [0.15, 0.2) is 14.6 Å². The summed E-state index contributed by atoms with van der Waals surface area (Å²) in [5.74, 6) is -0.839. The van der Waals surface area contributed by atoms with Crippen molar-refractivity contribution in [2.75, 3.05) is 20.3 Å². The molecule has 0 bridgehead atoms. The first kappa shape index (κ1) is 16.4. The largest absolute Gasteiger partial charge is 0.468 e. The van der Waals surface area contributed by atoms with Gasteiger partial charge in [0.2, 0.25) is 0 Å². The lowest BCUT2D eigenvalue weighted by atomic mass is 9.99. The van der Waals surface area contributed by atoms with Crippen LogP contribution in [0.2, 0.25) is 0 Å². The van der Waals surface area contributed by atoms with Gasteiger partial charge in [0.25, 0.3) is 5.69 Å². The number of esters is 1. The number of non-ortho nitro benzene ring substituents is 1. The topological polar surface area (TPSA) is 113 Å². The van der Waals surface area contributed by atoms with Gasteiger partial charge in [-0.1, -0.05) is 0 Å². The highest BCUT2D eigenvalue weighted by Crippen LogP contribution is 2.36. The second kappa shape index (κ2) is 6.01. The van der Waals surface area contributed by atoms with Crippen LogP contribution in [0, 0.1) is 10.1 Å². The van der Waals surface area contributed by atoms with Gasteiger partial charge in [-0.2, -0.15) is 0 Å². The van der Waals surface area contributed by atoms with Crippen molar-refractivity contribution < 1.29 is 27.6 Å². The maximum absolute atomic E-state index is 12.9. The third kappa shape index (κ3) is 2.57. The lowest BCUT2D eigenvalue weighted by Crippen LogP contribution is -2.51. The van der Waals surface area contributed by atoms with Gasteiger partial charge in [0.1, 0.15) is 0 Å². The van der Waals surface area contributed by atoms with Crippen LogP contribution < -0.4 is 0 Å². The van der Waals surface area contributed by atoms with Gasteiger partial charge in [-0.3, -0.25) is 14.9 Å². The van der Waals surface area contributed by atoms with Crippen LogP contribution in [-0.2, 0) is 24.1 Å². The quantitative estimate of drug-likeness (QED) is 0.461. The molecule has 0 aromatic heterocycles. The Morgan fingerprint density at radius 3 is 2.27 bits per heavy atom. The van der Waals surface area contributed by atoms with Gasteiger partial charge in [-0.15, -0.1) is 0 Å². The minimum absolute atomic E-state index is 0.0149. The zero-order valence-electron chi connectivity index (χ0n) is 11.9. The second-order valence-electron chi connectivity index (χ2n) is 4.85. The normalized spacial score (nSPS) is 17.7. The highest BCUT2D eigenvalue weighted by molar-refractivity contribution is 7.93. The number of benzene rings is 1. The first-order chi connectivity index (χ1) is 10.3. The van der Waals surface area contributed by atoms with Crippen molar-refractivity contribution in [3.8, 4) is 0 Å². The maximum Gasteiger partial charge on any atom is 0.327 e. The molecule has 22 heavy (non-hydrogen) atoms. The number of carbonyl (C=O) groups excluding carboxylic acids is 1. The fourth-order valence-electron chi connectivity index (χ4n) is 2.44. The molecule has 1 aromatic rings. The van der Waals surface area contributed by atoms with Crippen molar-refractivity contribution in [2.24, 2.45) is 0 Å². The Bertz CT molecular complexity index is 675. The molecule has 0 saturated carbocycles. The summed E-state index contributed by atoms with van der Waals surface area (Å²) in [6.45, 7) is 0.253. The van der Waals surface area contributed by atoms with Gasteiger partial charge >= 0.3 is 5.97 Å². The Morgan fingerprint density at radius 1 is 1.27 bits per heavy atom. The summed E-state index contributed by atoms with van der Waals surface area (Å²) in [4.78, 5) is 22.0. The molecule has 0 N–H and O–H groups in total. The average Bonchev–Trinajstić information content (AvgIpc) is 2.54. The number of nitrogens with zero attached hydrogens (tertiary/aromatic N) is 1. The van der Waals surface area contributed by atoms with Crippen LogP contribution in [0.3, 0.4) is 0 Å². The van der Waals surface area contributed by atoms with Crippen molar-refractivity contribution in [1.29, 1.82) is 0 Å². The molecule has 1 aromatic carbocycles. The molecule has 0 spiro atoms. The lowest BCUT2D eigenvalue weighted by Gasteiger charge is -2.33. The number of sulfone groups is 1. The van der Waals surface area contributed by atoms with E-state index in [0.29, 0.717) is 0 Å². The predicted molar refractivity (Wildman–Crippen MR) is 75.1 cm³/mol. The summed E-state index contributed by atoms with van der Waals surface area (Å²) in [6, 6.07) is 4.45. The van der Waals surface area contributed by atoms with Crippen molar-refractivity contribution >= 4 is 21.5 Å². The smallest absolute Gasteiger partial charge is 0.327 e. The molecule has 0 aliphatic carbocycles. The molecule has 1 fully saturated rings. The number of nitro groups is 1. The minimum atomic E-state index is -4.05.